The Kier molecular flexibility index (Phi) is 4.47. The van der Waals surface area contributed by atoms with Gasteiger partial charge in [0.1, 0.15) is 0 Å². The summed E-state index contributed by atoms with van der Waals surface area (Å²) in [4.78, 5) is 2.52. The zero-order valence-corrected chi connectivity index (χ0v) is 13.8. The van der Waals surface area contributed by atoms with Crippen LogP contribution in [0.15, 0.2) is 0 Å². The van der Waals surface area contributed by atoms with E-state index in [2.05, 4.69) is 45.6 Å². The molecule has 114 valence electrons. The zero-order chi connectivity index (χ0) is 15.0. The van der Waals surface area contributed by atoms with Gasteiger partial charge in [0.25, 0.3) is 0 Å². The Morgan fingerprint density at radius 2 is 1.95 bits per heavy atom. The van der Waals surface area contributed by atoms with Crippen molar-refractivity contribution in [1.82, 2.24) is 4.90 Å². The van der Waals surface area contributed by atoms with Gasteiger partial charge < -0.3 is 4.74 Å². The quantitative estimate of drug-likeness (QED) is 0.737. The van der Waals surface area contributed by atoms with Gasteiger partial charge in [0.05, 0.1) is 24.2 Å². The Labute approximate surface area is 124 Å². The third-order valence-electron chi connectivity index (χ3n) is 5.13. The van der Waals surface area contributed by atoms with E-state index in [9.17, 15) is 5.26 Å². The number of nitrogens with zero attached hydrogens (tertiary/aromatic N) is 2. The number of rotatable bonds is 1. The molecule has 3 atom stereocenters. The first-order valence-electron chi connectivity index (χ1n) is 8.00. The van der Waals surface area contributed by atoms with Gasteiger partial charge in [0, 0.05) is 19.1 Å². The molecule has 2 rings (SSSR count). The SMILES string of the molecule is CC1(C)CN(C2CC(C(C)(C)C)CCC2C#N)CCO1. The molecule has 3 unspecified atom stereocenters. The van der Waals surface area contributed by atoms with Crippen LogP contribution in [-0.2, 0) is 4.74 Å². The maximum absolute atomic E-state index is 9.50. The minimum atomic E-state index is -0.0765. The molecule has 1 aliphatic carbocycles. The number of ether oxygens (including phenoxy) is 1. The number of morpholine rings is 1. The van der Waals surface area contributed by atoms with Crippen LogP contribution >= 0.6 is 0 Å². The van der Waals surface area contributed by atoms with Gasteiger partial charge in [-0.25, -0.2) is 0 Å². The molecule has 2 fully saturated rings. The second kappa shape index (κ2) is 5.66. The summed E-state index contributed by atoms with van der Waals surface area (Å²) in [6.07, 6.45) is 3.42. The molecule has 1 saturated carbocycles. The lowest BCUT2D eigenvalue weighted by atomic mass is 9.67. The summed E-state index contributed by atoms with van der Waals surface area (Å²) in [7, 11) is 0. The Morgan fingerprint density at radius 3 is 2.50 bits per heavy atom. The van der Waals surface area contributed by atoms with Crippen LogP contribution in [0.2, 0.25) is 0 Å². The summed E-state index contributed by atoms with van der Waals surface area (Å²) in [5.74, 6) is 0.922. The average molecular weight is 278 g/mol. The summed E-state index contributed by atoms with van der Waals surface area (Å²) < 4.78 is 5.82. The third-order valence-corrected chi connectivity index (χ3v) is 5.13. The molecule has 2 aliphatic rings. The molecule has 0 radical (unpaired) electrons. The highest BCUT2D eigenvalue weighted by Gasteiger charge is 2.41. The third kappa shape index (κ3) is 3.54. The Balaban J connectivity index is 2.11. The summed E-state index contributed by atoms with van der Waals surface area (Å²) in [6, 6.07) is 2.99. The van der Waals surface area contributed by atoms with Gasteiger partial charge in [-0.15, -0.1) is 0 Å². The molecule has 3 heteroatoms. The van der Waals surface area contributed by atoms with Crippen LogP contribution in [0.3, 0.4) is 0 Å². The average Bonchev–Trinajstić information content (AvgIpc) is 2.35. The maximum atomic E-state index is 9.50. The van der Waals surface area contributed by atoms with E-state index in [0.717, 1.165) is 38.5 Å². The molecule has 1 heterocycles. The highest BCUT2D eigenvalue weighted by Crippen LogP contribution is 2.42. The maximum Gasteiger partial charge on any atom is 0.0753 e. The van der Waals surface area contributed by atoms with E-state index in [4.69, 9.17) is 4.74 Å². The summed E-state index contributed by atoms with van der Waals surface area (Å²) >= 11 is 0. The monoisotopic (exact) mass is 278 g/mol. The normalized spacial score (nSPS) is 35.5. The molecule has 0 bridgehead atoms. The molecule has 0 spiro atoms. The first kappa shape index (κ1) is 15.8. The largest absolute Gasteiger partial charge is 0.373 e. The molecule has 0 amide bonds. The van der Waals surface area contributed by atoms with Crippen LogP contribution in [0.1, 0.15) is 53.9 Å². The van der Waals surface area contributed by atoms with Gasteiger partial charge in [-0.1, -0.05) is 20.8 Å². The molecule has 0 N–H and O–H groups in total. The lowest BCUT2D eigenvalue weighted by Crippen LogP contribution is -2.55. The fourth-order valence-electron chi connectivity index (χ4n) is 3.82. The van der Waals surface area contributed by atoms with E-state index in [1.165, 1.54) is 6.42 Å². The minimum absolute atomic E-state index is 0.0765. The van der Waals surface area contributed by atoms with Gasteiger partial charge in [0.2, 0.25) is 0 Å². The van der Waals surface area contributed by atoms with E-state index in [0.29, 0.717) is 11.5 Å². The predicted octanol–water partition coefficient (Wildman–Crippen LogP) is 3.45. The van der Waals surface area contributed by atoms with E-state index < -0.39 is 0 Å². The first-order chi connectivity index (χ1) is 9.23. The topological polar surface area (TPSA) is 36.3 Å². The van der Waals surface area contributed by atoms with Crippen molar-refractivity contribution in [3.8, 4) is 6.07 Å². The summed E-state index contributed by atoms with van der Waals surface area (Å²) in [6.45, 7) is 14.0. The second-order valence-electron chi connectivity index (χ2n) is 8.26. The predicted molar refractivity (Wildman–Crippen MR) is 81.3 cm³/mol. The molecular weight excluding hydrogens is 248 g/mol. The van der Waals surface area contributed by atoms with Gasteiger partial charge in [-0.05, 0) is 44.4 Å². The van der Waals surface area contributed by atoms with Crippen LogP contribution < -0.4 is 0 Å². The minimum Gasteiger partial charge on any atom is -0.373 e. The van der Waals surface area contributed by atoms with Crippen molar-refractivity contribution in [3.05, 3.63) is 0 Å². The van der Waals surface area contributed by atoms with Crippen LogP contribution in [-0.4, -0.2) is 36.2 Å². The number of hydrogen-bond acceptors (Lipinski definition) is 3. The second-order valence-corrected chi connectivity index (χ2v) is 8.26. The summed E-state index contributed by atoms with van der Waals surface area (Å²) in [5.41, 5.74) is 0.271. The molecule has 1 saturated heterocycles. The van der Waals surface area contributed by atoms with Crippen molar-refractivity contribution < 1.29 is 4.74 Å². The Bertz CT molecular complexity index is 374. The fourth-order valence-corrected chi connectivity index (χ4v) is 3.82. The highest BCUT2D eigenvalue weighted by molar-refractivity contribution is 5.00. The van der Waals surface area contributed by atoms with Gasteiger partial charge in [-0.3, -0.25) is 4.90 Å². The van der Waals surface area contributed by atoms with Gasteiger partial charge in [0.15, 0.2) is 0 Å². The van der Waals surface area contributed by atoms with Crippen LogP contribution in [0, 0.1) is 28.6 Å². The zero-order valence-electron chi connectivity index (χ0n) is 13.8. The van der Waals surface area contributed by atoms with Crippen molar-refractivity contribution >= 4 is 0 Å². The molecular formula is C17H30N2O. The lowest BCUT2D eigenvalue weighted by Gasteiger charge is -2.48. The van der Waals surface area contributed by atoms with Crippen LogP contribution in [0.4, 0.5) is 0 Å². The Morgan fingerprint density at radius 1 is 1.25 bits per heavy atom. The van der Waals surface area contributed by atoms with Crippen molar-refractivity contribution in [2.24, 2.45) is 17.3 Å². The van der Waals surface area contributed by atoms with Gasteiger partial charge in [-0.2, -0.15) is 5.26 Å². The molecule has 0 aromatic carbocycles. The van der Waals surface area contributed by atoms with Crippen LogP contribution in [0.5, 0.6) is 0 Å². The number of hydrogen-bond donors (Lipinski definition) is 0. The molecule has 0 aromatic rings. The molecule has 3 nitrogen and oxygen atoms in total. The van der Waals surface area contributed by atoms with E-state index in [1.54, 1.807) is 0 Å². The molecule has 0 aromatic heterocycles. The molecule has 1 aliphatic heterocycles. The fraction of sp³-hybridized carbons (Fsp3) is 0.941. The first-order valence-corrected chi connectivity index (χ1v) is 8.00. The smallest absolute Gasteiger partial charge is 0.0753 e. The van der Waals surface area contributed by atoms with Crippen molar-refractivity contribution in [1.29, 1.82) is 5.26 Å². The highest BCUT2D eigenvalue weighted by atomic mass is 16.5. The van der Waals surface area contributed by atoms with Gasteiger partial charge >= 0.3 is 0 Å². The van der Waals surface area contributed by atoms with E-state index in [1.807, 2.05) is 0 Å². The number of nitriles is 1. The van der Waals surface area contributed by atoms with E-state index in [-0.39, 0.29) is 11.5 Å². The summed E-state index contributed by atoms with van der Waals surface area (Å²) in [5, 5.41) is 9.50. The van der Waals surface area contributed by atoms with Crippen LogP contribution in [0.25, 0.3) is 0 Å². The molecule has 20 heavy (non-hydrogen) atoms. The standard InChI is InChI=1S/C17H30N2O/c1-16(2,3)14-7-6-13(11-18)15(10-14)19-8-9-20-17(4,5)12-19/h13-15H,6-10,12H2,1-5H3. The Hall–Kier alpha value is -0.590. The van der Waals surface area contributed by atoms with Crippen molar-refractivity contribution in [3.63, 3.8) is 0 Å². The van der Waals surface area contributed by atoms with Crippen molar-refractivity contribution in [2.45, 2.75) is 65.5 Å². The van der Waals surface area contributed by atoms with E-state index >= 15 is 0 Å². The van der Waals surface area contributed by atoms with Crippen molar-refractivity contribution in [2.75, 3.05) is 19.7 Å². The lowest BCUT2D eigenvalue weighted by molar-refractivity contribution is -0.108.